The van der Waals surface area contributed by atoms with Gasteiger partial charge in [0.25, 0.3) is 0 Å². The Balaban J connectivity index is 1.52. The fourth-order valence-corrected chi connectivity index (χ4v) is 6.61. The predicted octanol–water partition coefficient (Wildman–Crippen LogP) is 2.51. The van der Waals surface area contributed by atoms with E-state index in [1.54, 1.807) is 7.11 Å². The van der Waals surface area contributed by atoms with Crippen LogP contribution in [0.25, 0.3) is 0 Å². The zero-order valence-corrected chi connectivity index (χ0v) is 14.9. The van der Waals surface area contributed by atoms with E-state index < -0.39 is 0 Å². The van der Waals surface area contributed by atoms with Crippen LogP contribution in [-0.2, 0) is 11.8 Å². The van der Waals surface area contributed by atoms with Crippen LogP contribution in [0, 0.1) is 11.8 Å². The molecule has 1 aromatic carbocycles. The number of aliphatic hydroxyl groups excluding tert-OH is 1. The molecule has 0 radical (unpaired) electrons. The predicted molar refractivity (Wildman–Crippen MR) is 94.2 cm³/mol. The molecule has 1 N–H and O–H groups in total. The van der Waals surface area contributed by atoms with Gasteiger partial charge in [-0.25, -0.2) is 0 Å². The summed E-state index contributed by atoms with van der Waals surface area (Å²) in [5, 5.41) is 10.8. The molecule has 0 amide bonds. The van der Waals surface area contributed by atoms with Gasteiger partial charge in [-0.1, -0.05) is 6.07 Å². The minimum absolute atomic E-state index is 0.0137. The normalized spacial score (nSPS) is 41.2. The second-order valence-corrected chi connectivity index (χ2v) is 8.92. The molecule has 1 spiro atoms. The van der Waals surface area contributed by atoms with Gasteiger partial charge >= 0.3 is 0 Å². The van der Waals surface area contributed by atoms with Gasteiger partial charge in [0, 0.05) is 23.6 Å². The van der Waals surface area contributed by atoms with Crippen LogP contribution in [0.2, 0.25) is 0 Å². The number of hydrogen-bond donors (Lipinski definition) is 1. The lowest BCUT2D eigenvalue weighted by Crippen LogP contribution is -2.67. The number of nitrogens with zero attached hydrogens (tertiary/aromatic N) is 1. The zero-order chi connectivity index (χ0) is 16.8. The van der Waals surface area contributed by atoms with Crippen molar-refractivity contribution < 1.29 is 14.6 Å². The fraction of sp³-hybridized carbons (Fsp3) is 0.714. The van der Waals surface area contributed by atoms with Crippen LogP contribution in [0.3, 0.4) is 0 Å². The number of methoxy groups -OCH3 is 1. The first-order valence-electron chi connectivity index (χ1n) is 10.0. The van der Waals surface area contributed by atoms with E-state index in [2.05, 4.69) is 17.0 Å². The monoisotopic (exact) mass is 341 g/mol. The molecule has 25 heavy (non-hydrogen) atoms. The average molecular weight is 341 g/mol. The molecule has 1 aromatic rings. The molecular weight excluding hydrogens is 314 g/mol. The first-order valence-corrected chi connectivity index (χ1v) is 10.0. The average Bonchev–Trinajstić information content (AvgIpc) is 3.36. The Kier molecular flexibility index (Phi) is 2.92. The van der Waals surface area contributed by atoms with E-state index in [0.717, 1.165) is 49.6 Å². The summed E-state index contributed by atoms with van der Waals surface area (Å²) in [5.41, 5.74) is 2.84. The molecule has 2 heterocycles. The van der Waals surface area contributed by atoms with Crippen LogP contribution in [0.1, 0.15) is 43.2 Å². The Labute approximate surface area is 149 Å². The molecule has 4 nitrogen and oxygen atoms in total. The maximum atomic E-state index is 10.8. The molecule has 4 heteroatoms. The van der Waals surface area contributed by atoms with E-state index in [-0.39, 0.29) is 17.6 Å². The van der Waals surface area contributed by atoms with Crippen molar-refractivity contribution in [3.05, 3.63) is 23.3 Å². The molecule has 1 saturated heterocycles. The molecule has 3 aliphatic carbocycles. The molecule has 134 valence electrons. The quantitative estimate of drug-likeness (QED) is 0.917. The van der Waals surface area contributed by atoms with Crippen molar-refractivity contribution in [3.8, 4) is 11.5 Å². The summed E-state index contributed by atoms with van der Waals surface area (Å²) in [6.45, 7) is 2.43. The molecule has 2 saturated carbocycles. The third-order valence-corrected chi connectivity index (χ3v) is 7.80. The maximum Gasteiger partial charge on any atom is 0.165 e. The van der Waals surface area contributed by atoms with Crippen molar-refractivity contribution in [1.29, 1.82) is 0 Å². The van der Waals surface area contributed by atoms with Crippen molar-refractivity contribution in [3.63, 3.8) is 0 Å². The summed E-state index contributed by atoms with van der Waals surface area (Å²) in [6, 6.07) is 4.95. The smallest absolute Gasteiger partial charge is 0.165 e. The van der Waals surface area contributed by atoms with E-state index in [9.17, 15) is 5.11 Å². The zero-order valence-electron chi connectivity index (χ0n) is 14.9. The van der Waals surface area contributed by atoms with Gasteiger partial charge in [-0.3, -0.25) is 4.90 Å². The van der Waals surface area contributed by atoms with Gasteiger partial charge < -0.3 is 14.6 Å². The number of likely N-dealkylation sites (tertiary alicyclic amines) is 1. The molecule has 2 bridgehead atoms. The van der Waals surface area contributed by atoms with Crippen LogP contribution >= 0.6 is 0 Å². The second kappa shape index (κ2) is 4.92. The fourth-order valence-electron chi connectivity index (χ4n) is 6.61. The summed E-state index contributed by atoms with van der Waals surface area (Å²) < 4.78 is 12.1. The van der Waals surface area contributed by atoms with Crippen molar-refractivity contribution in [1.82, 2.24) is 4.90 Å². The first-order chi connectivity index (χ1) is 12.2. The minimum atomic E-state index is -0.352. The Morgan fingerprint density at radius 2 is 2.16 bits per heavy atom. The summed E-state index contributed by atoms with van der Waals surface area (Å²) in [5.74, 6) is 3.33. The minimum Gasteiger partial charge on any atom is -0.493 e. The lowest BCUT2D eigenvalue weighted by atomic mass is 9.51. The number of benzene rings is 1. The molecule has 2 aliphatic heterocycles. The molecule has 5 aliphatic rings. The Bertz CT molecular complexity index is 730. The van der Waals surface area contributed by atoms with Crippen LogP contribution in [0.4, 0.5) is 0 Å². The first kappa shape index (κ1) is 14.9. The molecular formula is C21H27NO3. The van der Waals surface area contributed by atoms with Gasteiger partial charge in [-0.15, -0.1) is 0 Å². The number of rotatable bonds is 3. The topological polar surface area (TPSA) is 41.9 Å². The number of hydrogen-bond acceptors (Lipinski definition) is 4. The largest absolute Gasteiger partial charge is 0.493 e. The molecule has 3 fully saturated rings. The highest BCUT2D eigenvalue weighted by molar-refractivity contribution is 5.61. The van der Waals surface area contributed by atoms with E-state index in [1.165, 1.54) is 30.5 Å². The number of ether oxygens (including phenoxy) is 2. The van der Waals surface area contributed by atoms with Gasteiger partial charge in [-0.2, -0.15) is 0 Å². The van der Waals surface area contributed by atoms with Crippen molar-refractivity contribution in [2.24, 2.45) is 11.8 Å². The molecule has 6 rings (SSSR count). The van der Waals surface area contributed by atoms with Gasteiger partial charge in [-0.05, 0) is 68.5 Å². The highest BCUT2D eigenvalue weighted by atomic mass is 16.5. The summed E-state index contributed by atoms with van der Waals surface area (Å²) >= 11 is 0. The molecule has 0 aromatic heterocycles. The van der Waals surface area contributed by atoms with Gasteiger partial charge in [0.1, 0.15) is 6.10 Å². The highest BCUT2D eigenvalue weighted by Gasteiger charge is 2.65. The Morgan fingerprint density at radius 3 is 2.96 bits per heavy atom. The number of aliphatic hydroxyl groups is 1. The summed E-state index contributed by atoms with van der Waals surface area (Å²) in [4.78, 5) is 2.79. The number of piperidine rings is 1. The van der Waals surface area contributed by atoms with E-state index in [0.29, 0.717) is 12.0 Å². The van der Waals surface area contributed by atoms with Gasteiger partial charge in [0.05, 0.1) is 13.2 Å². The highest BCUT2D eigenvalue weighted by Crippen LogP contribution is 2.64. The van der Waals surface area contributed by atoms with Crippen LogP contribution in [0.15, 0.2) is 12.1 Å². The van der Waals surface area contributed by atoms with Crippen LogP contribution in [0.5, 0.6) is 11.5 Å². The lowest BCUT2D eigenvalue weighted by Gasteiger charge is -2.59. The van der Waals surface area contributed by atoms with E-state index in [4.69, 9.17) is 9.47 Å². The molecule has 2 unspecified atom stereocenters. The van der Waals surface area contributed by atoms with Crippen LogP contribution in [-0.4, -0.2) is 48.5 Å². The van der Waals surface area contributed by atoms with Gasteiger partial charge in [0.2, 0.25) is 0 Å². The van der Waals surface area contributed by atoms with Crippen molar-refractivity contribution in [2.75, 3.05) is 20.2 Å². The summed E-state index contributed by atoms with van der Waals surface area (Å²) in [6.07, 6.45) is 6.66. The summed E-state index contributed by atoms with van der Waals surface area (Å²) in [7, 11) is 1.72. The Morgan fingerprint density at radius 1 is 1.28 bits per heavy atom. The van der Waals surface area contributed by atoms with Crippen molar-refractivity contribution >= 4 is 0 Å². The lowest BCUT2D eigenvalue weighted by molar-refractivity contribution is -0.105. The standard InChI is InChI=1S/C21H27NO3/c1-24-17-7-4-13-10-15-14-5-6-16(23)20-21(14,18(13)19(17)25-20)8-9-22(15)11-12-2-3-12/h4,7,12,14-16,20,23H,2-3,5-6,8-11H2,1H3/t14-,15+,16-,20?,21?/m1/s1. The second-order valence-electron chi connectivity index (χ2n) is 8.92. The van der Waals surface area contributed by atoms with E-state index in [1.807, 2.05) is 0 Å². The maximum absolute atomic E-state index is 10.8. The van der Waals surface area contributed by atoms with Crippen LogP contribution < -0.4 is 9.47 Å². The SMILES string of the molecule is COc1ccc2c3c1OC1[C@H](O)CC[C@@H]4[C@H](C2)N(CC2CC2)CCC314. The third-order valence-electron chi connectivity index (χ3n) is 7.80. The molecule has 5 atom stereocenters. The van der Waals surface area contributed by atoms with Gasteiger partial charge in [0.15, 0.2) is 11.5 Å². The Hall–Kier alpha value is -1.26. The third kappa shape index (κ3) is 1.80. The van der Waals surface area contributed by atoms with Crippen molar-refractivity contribution in [2.45, 2.75) is 62.2 Å². The van der Waals surface area contributed by atoms with E-state index >= 15 is 0 Å².